The quantitative estimate of drug-likeness (QED) is 0.124. The van der Waals surface area contributed by atoms with Crippen LogP contribution in [0.1, 0.15) is 91.3 Å². The Morgan fingerprint density at radius 1 is 1.11 bits per heavy atom. The second kappa shape index (κ2) is 18.7. The number of hydrazine groups is 1. The lowest BCUT2D eigenvalue weighted by Crippen LogP contribution is -2.59. The fourth-order valence-corrected chi connectivity index (χ4v) is 8.47. The molecule has 3 aromatic heterocycles. The summed E-state index contributed by atoms with van der Waals surface area (Å²) in [6.45, 7) is 17.1. The zero-order valence-corrected chi connectivity index (χ0v) is 35.9. The predicted molar refractivity (Wildman–Crippen MR) is 223 cm³/mol. The lowest BCUT2D eigenvalue weighted by molar-refractivity contribution is -0.144. The number of carbonyl (C=O) groups excluding carboxylic acids is 4. The Labute approximate surface area is 340 Å². The van der Waals surface area contributed by atoms with Crippen molar-refractivity contribution >= 4 is 45.9 Å². The summed E-state index contributed by atoms with van der Waals surface area (Å²) in [7, 11) is 3.29. The van der Waals surface area contributed by atoms with Gasteiger partial charge in [0.1, 0.15) is 17.1 Å². The molecular weight excluding hydrogens is 743 g/mol. The summed E-state index contributed by atoms with van der Waals surface area (Å²) in [5.41, 5.74) is 9.42. The maximum absolute atomic E-state index is 14.0. The van der Waals surface area contributed by atoms with Crippen LogP contribution in [-0.4, -0.2) is 94.1 Å². The molecule has 1 fully saturated rings. The molecule has 13 nitrogen and oxygen atoms in total. The van der Waals surface area contributed by atoms with Crippen LogP contribution >= 0.6 is 11.3 Å². The van der Waals surface area contributed by atoms with Gasteiger partial charge in [-0.15, -0.1) is 11.3 Å². The molecule has 57 heavy (non-hydrogen) atoms. The van der Waals surface area contributed by atoms with Gasteiger partial charge < -0.3 is 24.3 Å². The number of esters is 1. The minimum atomic E-state index is -0.891. The van der Waals surface area contributed by atoms with E-state index in [-0.39, 0.29) is 48.7 Å². The first-order valence-corrected chi connectivity index (χ1v) is 20.7. The third kappa shape index (κ3) is 10.1. The summed E-state index contributed by atoms with van der Waals surface area (Å²) in [5, 5.41) is 8.37. The van der Waals surface area contributed by atoms with Crippen LogP contribution in [0, 0.1) is 11.3 Å². The van der Waals surface area contributed by atoms with Crippen LogP contribution in [0.3, 0.4) is 0 Å². The van der Waals surface area contributed by atoms with E-state index in [0.29, 0.717) is 31.7 Å². The first kappa shape index (κ1) is 43.5. The Morgan fingerprint density at radius 2 is 1.86 bits per heavy atom. The Bertz CT molecular complexity index is 2070. The van der Waals surface area contributed by atoms with Crippen molar-refractivity contribution < 1.29 is 28.7 Å². The van der Waals surface area contributed by atoms with Gasteiger partial charge in [0.15, 0.2) is 0 Å². The molecule has 0 aliphatic carbocycles. The maximum Gasteiger partial charge on any atom is 0.302 e. The number of methoxy groups -OCH3 is 1. The lowest BCUT2D eigenvalue weighted by Gasteiger charge is -2.34. The van der Waals surface area contributed by atoms with Crippen molar-refractivity contribution in [2.45, 2.75) is 106 Å². The Morgan fingerprint density at radius 3 is 2.49 bits per heavy atom. The summed E-state index contributed by atoms with van der Waals surface area (Å²) in [5.74, 6) is -1.33. The highest BCUT2D eigenvalue weighted by atomic mass is 32.1. The van der Waals surface area contributed by atoms with Crippen LogP contribution in [0.2, 0.25) is 0 Å². The van der Waals surface area contributed by atoms with E-state index >= 15 is 0 Å². The minimum Gasteiger partial charge on any atom is -0.465 e. The number of carbonyl (C=O) groups is 4. The van der Waals surface area contributed by atoms with Gasteiger partial charge in [0.25, 0.3) is 5.91 Å². The van der Waals surface area contributed by atoms with Gasteiger partial charge in [0.05, 0.1) is 29.8 Å². The van der Waals surface area contributed by atoms with E-state index in [0.717, 1.165) is 56.8 Å². The Balaban J connectivity index is 1.56. The smallest absolute Gasteiger partial charge is 0.302 e. The molecule has 1 aliphatic heterocycles. The van der Waals surface area contributed by atoms with Gasteiger partial charge in [-0.3, -0.25) is 29.2 Å². The highest BCUT2D eigenvalue weighted by Crippen LogP contribution is 2.42. The predicted octanol–water partition coefficient (Wildman–Crippen LogP) is 6.34. The molecule has 14 heteroatoms. The van der Waals surface area contributed by atoms with Gasteiger partial charge in [-0.1, -0.05) is 27.7 Å². The average Bonchev–Trinajstić information content (AvgIpc) is 3.78. The molecule has 4 aromatic rings. The number of likely N-dealkylation sites (N-methyl/N-ethyl adjacent to an activating group) is 1. The molecule has 0 unspecified atom stereocenters. The Kier molecular flexibility index (Phi) is 14.3. The number of hydrogen-bond acceptors (Lipinski definition) is 10. The molecular formula is C43H59N7O6S. The largest absolute Gasteiger partial charge is 0.465 e. The normalized spacial score (nSPS) is 15.0. The Hall–Kier alpha value is -4.66. The molecule has 0 radical (unpaired) electrons. The van der Waals surface area contributed by atoms with Crippen LogP contribution in [0.25, 0.3) is 32.7 Å². The number of nitrogens with zero attached hydrogens (tertiary/aromatic N) is 5. The van der Waals surface area contributed by atoms with Crippen molar-refractivity contribution in [2.75, 3.05) is 33.9 Å². The SMILES string of the molecule is CCn1c(-c2cccnc2[C@H](C)OC)c(CC(C)(C)COC(C)=O)c2cc(-c3nc(C[C@H](NC(=O)[C@H](C(C)C)N(C)C(C)=O)C(=O)N4CCCCN4)cs3)ccc21. The number of rotatable bonds is 16. The first-order chi connectivity index (χ1) is 27.1. The van der Waals surface area contributed by atoms with E-state index in [1.54, 1.807) is 25.4 Å². The molecule has 5 rings (SSSR count). The number of aromatic nitrogens is 3. The number of nitrogens with one attached hydrogen (secondary N) is 2. The molecule has 1 aromatic carbocycles. The lowest BCUT2D eigenvalue weighted by atomic mass is 9.84. The van der Waals surface area contributed by atoms with E-state index in [4.69, 9.17) is 19.4 Å². The standard InChI is InChI=1S/C43H59N7O6S/c1-11-49-36-17-16-30(21-33(36)34(23-43(7,8)25-56-29(6)52)39(49)32-15-14-18-44-37(32)27(4)55-10)41-46-31(24-57-41)22-35(42(54)50-20-13-12-19-45-50)47-40(53)38(26(2)3)48(9)28(5)51/h14-18,21,24,26-27,35,38,45H,11-13,19-20,22-23,25H2,1-10H3,(H,47,53)/t27-,35-,38-/m0/s1. The van der Waals surface area contributed by atoms with Crippen LogP contribution in [0.15, 0.2) is 41.9 Å². The number of benzene rings is 1. The topological polar surface area (TPSA) is 148 Å². The molecule has 1 saturated heterocycles. The summed E-state index contributed by atoms with van der Waals surface area (Å²) >= 11 is 1.48. The second-order valence-corrected chi connectivity index (χ2v) is 16.9. The minimum absolute atomic E-state index is 0.170. The third-order valence-corrected chi connectivity index (χ3v) is 11.6. The van der Waals surface area contributed by atoms with Crippen LogP contribution < -0.4 is 10.7 Å². The summed E-state index contributed by atoms with van der Waals surface area (Å²) in [4.78, 5) is 63.1. The second-order valence-electron chi connectivity index (χ2n) is 16.1. The zero-order valence-electron chi connectivity index (χ0n) is 35.1. The molecule has 0 bridgehead atoms. The molecule has 0 spiro atoms. The fourth-order valence-electron chi connectivity index (χ4n) is 7.64. The van der Waals surface area contributed by atoms with Crippen molar-refractivity contribution in [2.24, 2.45) is 11.3 Å². The van der Waals surface area contributed by atoms with Crippen LogP contribution in [0.4, 0.5) is 0 Å². The van der Waals surface area contributed by atoms with Gasteiger partial charge in [0.2, 0.25) is 11.8 Å². The van der Waals surface area contributed by atoms with E-state index in [1.165, 1.54) is 30.1 Å². The number of aryl methyl sites for hydroxylation is 1. The third-order valence-electron chi connectivity index (χ3n) is 10.7. The van der Waals surface area contributed by atoms with Crippen molar-refractivity contribution in [3.05, 3.63) is 58.9 Å². The van der Waals surface area contributed by atoms with Crippen molar-refractivity contribution in [1.29, 1.82) is 0 Å². The summed E-state index contributed by atoms with van der Waals surface area (Å²) in [6, 6.07) is 8.78. The van der Waals surface area contributed by atoms with Crippen molar-refractivity contribution in [3.8, 4) is 21.8 Å². The molecule has 0 saturated carbocycles. The molecule has 4 heterocycles. The summed E-state index contributed by atoms with van der Waals surface area (Å²) in [6.07, 6.45) is 4.17. The van der Waals surface area contributed by atoms with Crippen molar-refractivity contribution in [3.63, 3.8) is 0 Å². The van der Waals surface area contributed by atoms with Gasteiger partial charge in [-0.2, -0.15) is 0 Å². The molecule has 308 valence electrons. The average molecular weight is 802 g/mol. The highest BCUT2D eigenvalue weighted by Gasteiger charge is 2.34. The monoisotopic (exact) mass is 801 g/mol. The van der Waals surface area contributed by atoms with Crippen LogP contribution in [0.5, 0.6) is 0 Å². The molecule has 3 amide bonds. The number of thiazole rings is 1. The van der Waals surface area contributed by atoms with E-state index in [2.05, 4.69) is 60.3 Å². The zero-order chi connectivity index (χ0) is 41.6. The highest BCUT2D eigenvalue weighted by molar-refractivity contribution is 7.13. The van der Waals surface area contributed by atoms with Crippen LogP contribution in [-0.2, 0) is 48.0 Å². The van der Waals surface area contributed by atoms with Gasteiger partial charge in [0, 0.05) is 93.1 Å². The van der Waals surface area contributed by atoms with E-state index in [1.807, 2.05) is 32.2 Å². The number of fused-ring (bicyclic) bond motifs is 1. The number of pyridine rings is 1. The summed E-state index contributed by atoms with van der Waals surface area (Å²) < 4.78 is 13.6. The van der Waals surface area contributed by atoms with Crippen molar-refractivity contribution in [1.82, 2.24) is 35.2 Å². The fraction of sp³-hybridized carbons (Fsp3) is 0.535. The maximum atomic E-state index is 14.0. The van der Waals surface area contributed by atoms with E-state index in [9.17, 15) is 19.2 Å². The van der Waals surface area contributed by atoms with E-state index < -0.39 is 17.5 Å². The molecule has 1 aliphatic rings. The molecule has 2 N–H and O–H groups in total. The van der Waals surface area contributed by atoms with Gasteiger partial charge in [-0.05, 0) is 74.9 Å². The number of amides is 3. The number of hydrogen-bond donors (Lipinski definition) is 2. The van der Waals surface area contributed by atoms with Gasteiger partial charge >= 0.3 is 5.97 Å². The number of ether oxygens (including phenoxy) is 2. The molecule has 3 atom stereocenters. The van der Waals surface area contributed by atoms with Gasteiger partial charge in [-0.25, -0.2) is 10.4 Å². The first-order valence-electron chi connectivity index (χ1n) is 19.9.